The van der Waals surface area contributed by atoms with Gasteiger partial charge in [-0.1, -0.05) is 30.3 Å². The average molecular weight is 435 g/mol. The van der Waals surface area contributed by atoms with E-state index in [1.807, 2.05) is 58.0 Å². The summed E-state index contributed by atoms with van der Waals surface area (Å²) in [6.07, 6.45) is 1.10. The van der Waals surface area contributed by atoms with Gasteiger partial charge in [-0.3, -0.25) is 4.99 Å². The molecule has 0 aliphatic carbocycles. The Balaban J connectivity index is 2.07. The van der Waals surface area contributed by atoms with Crippen molar-refractivity contribution in [3.63, 3.8) is 0 Å². The molecule has 1 amide bonds. The summed E-state index contributed by atoms with van der Waals surface area (Å²) >= 11 is 0. The minimum atomic E-state index is -0.570. The van der Waals surface area contributed by atoms with Crippen LogP contribution in [0.1, 0.15) is 52.1 Å². The van der Waals surface area contributed by atoms with Crippen molar-refractivity contribution in [2.45, 2.75) is 52.2 Å². The molecule has 1 aromatic rings. The van der Waals surface area contributed by atoms with Crippen LogP contribution in [-0.4, -0.2) is 62.2 Å². The number of ether oxygens (including phenoxy) is 2. The fourth-order valence-electron chi connectivity index (χ4n) is 3.46. The molecule has 0 radical (unpaired) electrons. The molecule has 0 spiro atoms. The first-order chi connectivity index (χ1) is 14.8. The standard InChI is InChI=1S/C23H38N4O4/c1-5-24-20(26-16-23(11-13-28)12-14-30-17-23)25-15-19(18-9-7-6-8-10-18)27-21(29)31-22(2,3)4/h6-10,19,28H,5,11-17H2,1-4H3,(H,27,29)(H2,24,25,26). The van der Waals surface area contributed by atoms with Gasteiger partial charge in [0.05, 0.1) is 19.2 Å². The third kappa shape index (κ3) is 8.75. The molecule has 1 saturated heterocycles. The van der Waals surface area contributed by atoms with Gasteiger partial charge in [0.2, 0.25) is 0 Å². The molecule has 0 aromatic heterocycles. The highest BCUT2D eigenvalue weighted by Crippen LogP contribution is 2.32. The van der Waals surface area contributed by atoms with Crippen molar-refractivity contribution in [2.75, 3.05) is 39.5 Å². The van der Waals surface area contributed by atoms with Gasteiger partial charge >= 0.3 is 6.09 Å². The molecule has 0 saturated carbocycles. The molecule has 1 aromatic carbocycles. The van der Waals surface area contributed by atoms with Crippen molar-refractivity contribution in [3.05, 3.63) is 35.9 Å². The number of aliphatic imine (C=N–C) groups is 1. The van der Waals surface area contributed by atoms with Crippen LogP contribution in [0, 0.1) is 5.41 Å². The molecule has 2 unspecified atom stereocenters. The molecule has 2 rings (SSSR count). The second-order valence-electron chi connectivity index (χ2n) is 8.96. The van der Waals surface area contributed by atoms with E-state index in [2.05, 4.69) is 16.0 Å². The quantitative estimate of drug-likeness (QED) is 0.352. The van der Waals surface area contributed by atoms with Gasteiger partial charge in [-0.25, -0.2) is 4.79 Å². The van der Waals surface area contributed by atoms with Gasteiger partial charge in [0, 0.05) is 31.7 Å². The first kappa shape index (κ1) is 24.9. The van der Waals surface area contributed by atoms with Crippen molar-refractivity contribution in [3.8, 4) is 0 Å². The zero-order valence-corrected chi connectivity index (χ0v) is 19.2. The largest absolute Gasteiger partial charge is 0.444 e. The summed E-state index contributed by atoms with van der Waals surface area (Å²) in [5.74, 6) is 0.665. The van der Waals surface area contributed by atoms with Crippen molar-refractivity contribution in [1.29, 1.82) is 0 Å². The zero-order valence-electron chi connectivity index (χ0n) is 19.2. The molecule has 8 nitrogen and oxygen atoms in total. The number of carbonyl (C=O) groups excluding carboxylic acids is 1. The van der Waals surface area contributed by atoms with E-state index in [1.54, 1.807) is 0 Å². The lowest BCUT2D eigenvalue weighted by Crippen LogP contribution is -2.44. The highest BCUT2D eigenvalue weighted by Gasteiger charge is 2.34. The summed E-state index contributed by atoms with van der Waals surface area (Å²) in [6, 6.07) is 9.48. The molecule has 174 valence electrons. The van der Waals surface area contributed by atoms with E-state index in [4.69, 9.17) is 14.5 Å². The fourth-order valence-corrected chi connectivity index (χ4v) is 3.46. The zero-order chi connectivity index (χ0) is 22.7. The molecule has 1 aliphatic rings. The Morgan fingerprint density at radius 1 is 1.29 bits per heavy atom. The predicted octanol–water partition coefficient (Wildman–Crippen LogP) is 2.60. The minimum absolute atomic E-state index is 0.120. The fraction of sp³-hybridized carbons (Fsp3) is 0.652. The lowest BCUT2D eigenvalue weighted by Gasteiger charge is -2.26. The van der Waals surface area contributed by atoms with E-state index in [1.165, 1.54) is 0 Å². The summed E-state index contributed by atoms with van der Waals surface area (Å²) in [5.41, 5.74) is 0.280. The van der Waals surface area contributed by atoms with Crippen LogP contribution in [0.3, 0.4) is 0 Å². The Morgan fingerprint density at radius 2 is 2.03 bits per heavy atom. The summed E-state index contributed by atoms with van der Waals surface area (Å²) in [7, 11) is 0. The molecule has 4 N–H and O–H groups in total. The predicted molar refractivity (Wildman–Crippen MR) is 122 cm³/mol. The maximum absolute atomic E-state index is 12.4. The Morgan fingerprint density at radius 3 is 2.61 bits per heavy atom. The normalized spacial score (nSPS) is 20.2. The molecule has 1 aliphatic heterocycles. The van der Waals surface area contributed by atoms with Crippen molar-refractivity contribution >= 4 is 12.1 Å². The maximum atomic E-state index is 12.4. The number of benzene rings is 1. The van der Waals surface area contributed by atoms with Gasteiger partial charge in [-0.05, 0) is 46.1 Å². The average Bonchev–Trinajstić information content (AvgIpc) is 3.17. The summed E-state index contributed by atoms with van der Waals surface area (Å²) < 4.78 is 11.0. The topological polar surface area (TPSA) is 104 Å². The summed E-state index contributed by atoms with van der Waals surface area (Å²) in [6.45, 7) is 10.7. The van der Waals surface area contributed by atoms with Gasteiger partial charge in [0.25, 0.3) is 0 Å². The molecule has 8 heteroatoms. The highest BCUT2D eigenvalue weighted by molar-refractivity contribution is 5.80. The first-order valence-electron chi connectivity index (χ1n) is 11.0. The number of hydrogen-bond acceptors (Lipinski definition) is 5. The Hall–Kier alpha value is -2.32. The lowest BCUT2D eigenvalue weighted by atomic mass is 9.84. The number of guanidine groups is 1. The number of rotatable bonds is 9. The Bertz CT molecular complexity index is 697. The molecule has 1 heterocycles. The van der Waals surface area contributed by atoms with Gasteiger partial charge in [0.1, 0.15) is 5.60 Å². The van der Waals surface area contributed by atoms with Crippen LogP contribution in [0.25, 0.3) is 0 Å². The van der Waals surface area contributed by atoms with Crippen LogP contribution in [0.4, 0.5) is 4.79 Å². The smallest absolute Gasteiger partial charge is 0.408 e. The SMILES string of the molecule is CCNC(=NCC1(CCO)CCOC1)NCC(NC(=O)OC(C)(C)C)c1ccccc1. The second-order valence-corrected chi connectivity index (χ2v) is 8.96. The van der Waals surface area contributed by atoms with Gasteiger partial charge < -0.3 is 30.5 Å². The minimum Gasteiger partial charge on any atom is -0.444 e. The second kappa shape index (κ2) is 11.9. The number of carbonyl (C=O) groups is 1. The molecular weight excluding hydrogens is 396 g/mol. The number of hydrogen-bond donors (Lipinski definition) is 4. The van der Waals surface area contributed by atoms with Gasteiger partial charge in [-0.15, -0.1) is 0 Å². The van der Waals surface area contributed by atoms with Gasteiger partial charge in [0.15, 0.2) is 5.96 Å². The number of aliphatic hydroxyl groups is 1. The third-order valence-electron chi connectivity index (χ3n) is 5.11. The Labute approximate surface area is 185 Å². The van der Waals surface area contributed by atoms with Crippen LogP contribution in [0.2, 0.25) is 0 Å². The van der Waals surface area contributed by atoms with Crippen LogP contribution in [0.15, 0.2) is 35.3 Å². The van der Waals surface area contributed by atoms with E-state index in [0.29, 0.717) is 45.2 Å². The Kier molecular flexibility index (Phi) is 9.58. The van der Waals surface area contributed by atoms with Crippen molar-refractivity contribution in [1.82, 2.24) is 16.0 Å². The molecule has 31 heavy (non-hydrogen) atoms. The highest BCUT2D eigenvalue weighted by atomic mass is 16.6. The molecular formula is C23H38N4O4. The van der Waals surface area contributed by atoms with E-state index >= 15 is 0 Å². The van der Waals surface area contributed by atoms with E-state index in [-0.39, 0.29) is 18.1 Å². The van der Waals surface area contributed by atoms with Crippen LogP contribution in [-0.2, 0) is 9.47 Å². The summed E-state index contributed by atoms with van der Waals surface area (Å²) in [5, 5.41) is 19.0. The number of amides is 1. The maximum Gasteiger partial charge on any atom is 0.408 e. The summed E-state index contributed by atoms with van der Waals surface area (Å²) in [4.78, 5) is 17.1. The van der Waals surface area contributed by atoms with Crippen LogP contribution >= 0.6 is 0 Å². The number of nitrogens with one attached hydrogen (secondary N) is 3. The number of nitrogens with zero attached hydrogens (tertiary/aromatic N) is 1. The van der Waals surface area contributed by atoms with Crippen molar-refractivity contribution < 1.29 is 19.4 Å². The first-order valence-corrected chi connectivity index (χ1v) is 11.0. The molecule has 2 atom stereocenters. The lowest BCUT2D eigenvalue weighted by molar-refractivity contribution is 0.0504. The number of alkyl carbamates (subject to hydrolysis) is 1. The molecule has 0 bridgehead atoms. The molecule has 1 fully saturated rings. The van der Waals surface area contributed by atoms with Crippen molar-refractivity contribution in [2.24, 2.45) is 10.4 Å². The van der Waals surface area contributed by atoms with Crippen LogP contribution in [0.5, 0.6) is 0 Å². The number of aliphatic hydroxyl groups excluding tert-OH is 1. The van der Waals surface area contributed by atoms with E-state index in [9.17, 15) is 9.90 Å². The third-order valence-corrected chi connectivity index (χ3v) is 5.11. The van der Waals surface area contributed by atoms with E-state index < -0.39 is 11.7 Å². The van der Waals surface area contributed by atoms with E-state index in [0.717, 1.165) is 12.0 Å². The van der Waals surface area contributed by atoms with Gasteiger partial charge in [-0.2, -0.15) is 0 Å². The monoisotopic (exact) mass is 434 g/mol. The van der Waals surface area contributed by atoms with Crippen LogP contribution < -0.4 is 16.0 Å².